The number of H-pyrrole nitrogens is 1. The smallest absolute Gasteiger partial charge is 0.323 e. The van der Waals surface area contributed by atoms with Crippen LogP contribution in [0.25, 0.3) is 11.2 Å². The molecule has 0 aliphatic rings. The zero-order valence-electron chi connectivity index (χ0n) is 23.5. The number of fused-ring (bicyclic) bond motifs is 1. The van der Waals surface area contributed by atoms with Crippen LogP contribution < -0.4 is 5.73 Å². The highest BCUT2D eigenvalue weighted by atomic mass is 16.5. The van der Waals surface area contributed by atoms with Crippen LogP contribution in [0.1, 0.15) is 97.2 Å². The number of hydrogen-bond donors (Lipinski definition) is 2. The second kappa shape index (κ2) is 18.4. The third kappa shape index (κ3) is 12.6. The predicted octanol–water partition coefficient (Wildman–Crippen LogP) is 5.45. The normalized spacial score (nSPS) is 13.3. The summed E-state index contributed by atoms with van der Waals surface area (Å²) in [6, 6.07) is -0.674. The molecule has 0 amide bonds. The first-order valence-corrected chi connectivity index (χ1v) is 14.3. The van der Waals surface area contributed by atoms with Crippen molar-refractivity contribution < 1.29 is 19.1 Å². The maximum atomic E-state index is 12.3. The van der Waals surface area contributed by atoms with Gasteiger partial charge in [0.25, 0.3) is 0 Å². The van der Waals surface area contributed by atoms with E-state index in [0.29, 0.717) is 30.7 Å². The Hall–Kier alpha value is -2.81. The lowest BCUT2D eigenvalue weighted by atomic mass is 10.0. The van der Waals surface area contributed by atoms with Crippen molar-refractivity contribution in [1.82, 2.24) is 19.9 Å². The fourth-order valence-corrected chi connectivity index (χ4v) is 3.97. The average Bonchev–Trinajstić information content (AvgIpc) is 3.37. The Morgan fingerprint density at radius 1 is 1.03 bits per heavy atom. The summed E-state index contributed by atoms with van der Waals surface area (Å²) >= 11 is 0. The zero-order chi connectivity index (χ0) is 27.6. The van der Waals surface area contributed by atoms with E-state index < -0.39 is 12.0 Å². The summed E-state index contributed by atoms with van der Waals surface area (Å²) in [6.07, 6.45) is 19.5. The van der Waals surface area contributed by atoms with E-state index in [2.05, 4.69) is 39.0 Å². The number of nitrogens with two attached hydrogens (primary N) is 1. The third-order valence-electron chi connectivity index (χ3n) is 6.58. The van der Waals surface area contributed by atoms with E-state index in [9.17, 15) is 9.59 Å². The van der Waals surface area contributed by atoms with Gasteiger partial charge in [0.1, 0.15) is 17.4 Å². The van der Waals surface area contributed by atoms with E-state index in [1.807, 2.05) is 13.8 Å². The molecule has 0 aromatic carbocycles. The molecule has 0 saturated heterocycles. The van der Waals surface area contributed by atoms with Crippen LogP contribution in [0.4, 0.5) is 0 Å². The molecule has 9 nitrogen and oxygen atoms in total. The third-order valence-corrected chi connectivity index (χ3v) is 6.58. The van der Waals surface area contributed by atoms with Gasteiger partial charge in [0, 0.05) is 18.8 Å². The van der Waals surface area contributed by atoms with Gasteiger partial charge in [-0.2, -0.15) is 0 Å². The Labute approximate surface area is 227 Å². The van der Waals surface area contributed by atoms with Crippen molar-refractivity contribution in [3.8, 4) is 0 Å². The van der Waals surface area contributed by atoms with E-state index in [-0.39, 0.29) is 31.0 Å². The molecule has 0 fully saturated rings. The molecule has 3 N–H and O–H groups in total. The van der Waals surface area contributed by atoms with Crippen molar-refractivity contribution in [2.75, 3.05) is 13.2 Å². The SMILES string of the molecule is CCCCC=CCCCCCCCC(=O)OCCC(COC(=O)[C@@H](N)C(C)C)Cc1ncc2[nH]cnc2n1. The number of ether oxygens (including phenoxy) is 2. The van der Waals surface area contributed by atoms with Crippen LogP contribution >= 0.6 is 0 Å². The van der Waals surface area contributed by atoms with Gasteiger partial charge < -0.3 is 20.2 Å². The van der Waals surface area contributed by atoms with Crippen LogP contribution in [0, 0.1) is 11.8 Å². The number of rotatable bonds is 20. The second-order valence-corrected chi connectivity index (χ2v) is 10.3. The monoisotopic (exact) mass is 529 g/mol. The molecule has 212 valence electrons. The number of imidazole rings is 1. The average molecular weight is 530 g/mol. The maximum Gasteiger partial charge on any atom is 0.323 e. The van der Waals surface area contributed by atoms with E-state index in [1.54, 1.807) is 12.5 Å². The van der Waals surface area contributed by atoms with E-state index in [0.717, 1.165) is 31.2 Å². The lowest BCUT2D eigenvalue weighted by molar-refractivity contribution is -0.149. The van der Waals surface area contributed by atoms with Gasteiger partial charge in [-0.15, -0.1) is 0 Å². The number of hydrogen-bond acceptors (Lipinski definition) is 8. The van der Waals surface area contributed by atoms with Gasteiger partial charge in [-0.05, 0) is 38.0 Å². The molecule has 0 radical (unpaired) electrons. The van der Waals surface area contributed by atoms with Crippen molar-refractivity contribution in [3.05, 3.63) is 30.5 Å². The minimum absolute atomic E-state index is 0.0142. The summed E-state index contributed by atoms with van der Waals surface area (Å²) in [7, 11) is 0. The van der Waals surface area contributed by atoms with Gasteiger partial charge in [-0.3, -0.25) is 9.59 Å². The molecular weight excluding hydrogens is 482 g/mol. The van der Waals surface area contributed by atoms with Crippen LogP contribution in [0.2, 0.25) is 0 Å². The molecule has 0 spiro atoms. The molecule has 0 aliphatic heterocycles. The fourth-order valence-electron chi connectivity index (χ4n) is 3.97. The topological polar surface area (TPSA) is 133 Å². The summed E-state index contributed by atoms with van der Waals surface area (Å²) in [5, 5.41) is 0. The van der Waals surface area contributed by atoms with Gasteiger partial charge in [-0.25, -0.2) is 15.0 Å². The predicted molar refractivity (Wildman–Crippen MR) is 149 cm³/mol. The summed E-state index contributed by atoms with van der Waals surface area (Å²) in [5.41, 5.74) is 7.26. The second-order valence-electron chi connectivity index (χ2n) is 10.3. The largest absolute Gasteiger partial charge is 0.466 e. The van der Waals surface area contributed by atoms with Crippen LogP contribution in [0.3, 0.4) is 0 Å². The molecule has 2 aromatic rings. The number of nitrogens with zero attached hydrogens (tertiary/aromatic N) is 3. The standard InChI is InChI=1S/C29H47N5O4/c1-4-5-6-7-8-9-10-11-12-13-14-15-26(35)37-17-16-23(20-38-29(36)27(30)22(2)3)18-25-31-19-24-28(34-25)33-21-32-24/h7-8,19,21-23,27H,4-6,9-18,20,30H2,1-3H3,(H,31,32,33,34)/t23?,27-/m0/s1. The highest BCUT2D eigenvalue weighted by Crippen LogP contribution is 2.15. The van der Waals surface area contributed by atoms with Crippen LogP contribution in [0.15, 0.2) is 24.7 Å². The van der Waals surface area contributed by atoms with Gasteiger partial charge in [0.2, 0.25) is 0 Å². The molecule has 0 bridgehead atoms. The molecule has 38 heavy (non-hydrogen) atoms. The summed E-state index contributed by atoms with van der Waals surface area (Å²) < 4.78 is 11.0. The lowest BCUT2D eigenvalue weighted by Crippen LogP contribution is -2.38. The molecule has 2 atom stereocenters. The molecule has 9 heteroatoms. The van der Waals surface area contributed by atoms with Crippen molar-refractivity contribution in [1.29, 1.82) is 0 Å². The number of aromatic nitrogens is 4. The van der Waals surface area contributed by atoms with Crippen molar-refractivity contribution in [3.63, 3.8) is 0 Å². The number of carbonyl (C=O) groups is 2. The first-order chi connectivity index (χ1) is 18.4. The highest BCUT2D eigenvalue weighted by Gasteiger charge is 2.22. The van der Waals surface area contributed by atoms with Gasteiger partial charge >= 0.3 is 11.9 Å². The highest BCUT2D eigenvalue weighted by molar-refractivity contribution is 5.75. The van der Waals surface area contributed by atoms with Crippen molar-refractivity contribution in [2.24, 2.45) is 17.6 Å². The molecule has 2 aromatic heterocycles. The Morgan fingerprint density at radius 2 is 1.76 bits per heavy atom. The maximum absolute atomic E-state index is 12.3. The summed E-state index contributed by atoms with van der Waals surface area (Å²) in [4.78, 5) is 40.5. The van der Waals surface area contributed by atoms with Crippen LogP contribution in [0.5, 0.6) is 0 Å². The first kappa shape index (κ1) is 31.4. The zero-order valence-corrected chi connectivity index (χ0v) is 23.5. The van der Waals surface area contributed by atoms with E-state index in [1.165, 1.54) is 32.1 Å². The van der Waals surface area contributed by atoms with E-state index >= 15 is 0 Å². The van der Waals surface area contributed by atoms with Crippen molar-refractivity contribution >= 4 is 23.1 Å². The van der Waals surface area contributed by atoms with Crippen LogP contribution in [-0.4, -0.2) is 51.1 Å². The lowest BCUT2D eigenvalue weighted by Gasteiger charge is -2.19. The molecule has 2 rings (SSSR count). The van der Waals surface area contributed by atoms with Gasteiger partial charge in [0.15, 0.2) is 5.65 Å². The summed E-state index contributed by atoms with van der Waals surface area (Å²) in [5.74, 6) is -0.145. The molecule has 0 aliphatic carbocycles. The van der Waals surface area contributed by atoms with Crippen molar-refractivity contribution in [2.45, 2.75) is 104 Å². The van der Waals surface area contributed by atoms with Gasteiger partial charge in [0.05, 0.1) is 25.7 Å². The minimum Gasteiger partial charge on any atom is -0.466 e. The quantitative estimate of drug-likeness (QED) is 0.131. The van der Waals surface area contributed by atoms with Gasteiger partial charge in [-0.1, -0.05) is 65.0 Å². The number of unbranched alkanes of at least 4 members (excludes halogenated alkanes) is 7. The Bertz CT molecular complexity index is 975. The number of allylic oxidation sites excluding steroid dienone is 2. The Morgan fingerprint density at radius 3 is 2.53 bits per heavy atom. The Kier molecular flexibility index (Phi) is 15.2. The number of carbonyl (C=O) groups excluding carboxylic acids is 2. The minimum atomic E-state index is -0.674. The fraction of sp³-hybridized carbons (Fsp3) is 0.690. The molecule has 0 saturated carbocycles. The number of aromatic amines is 1. The number of nitrogens with one attached hydrogen (secondary N) is 1. The number of esters is 2. The summed E-state index contributed by atoms with van der Waals surface area (Å²) in [6.45, 7) is 6.38. The molecular formula is C29H47N5O4. The van der Waals surface area contributed by atoms with Crippen LogP contribution in [-0.2, 0) is 25.5 Å². The Balaban J connectivity index is 1.70. The molecule has 1 unspecified atom stereocenters. The first-order valence-electron chi connectivity index (χ1n) is 14.3. The van der Waals surface area contributed by atoms with E-state index in [4.69, 9.17) is 15.2 Å². The molecule has 2 heterocycles.